The van der Waals surface area contributed by atoms with E-state index in [0.29, 0.717) is 16.9 Å². The summed E-state index contributed by atoms with van der Waals surface area (Å²) in [6, 6.07) is 6.19. The molecule has 0 atom stereocenters. The molecule has 182 valence electrons. The third kappa shape index (κ3) is 7.14. The van der Waals surface area contributed by atoms with Crippen LogP contribution in [0.25, 0.3) is 0 Å². The van der Waals surface area contributed by atoms with E-state index in [1.165, 1.54) is 19.1 Å². The minimum absolute atomic E-state index is 0.0342. The summed E-state index contributed by atoms with van der Waals surface area (Å²) in [4.78, 5) is 60.2. The third-order valence-electron chi connectivity index (χ3n) is 4.32. The molecule has 1 N–H and O–H groups in total. The summed E-state index contributed by atoms with van der Waals surface area (Å²) in [5.74, 6) is -2.60. The molecule has 0 saturated heterocycles. The van der Waals surface area contributed by atoms with Crippen molar-refractivity contribution in [2.45, 2.75) is 27.7 Å². The fourth-order valence-corrected chi connectivity index (χ4v) is 3.83. The molecule has 10 nitrogen and oxygen atoms in total. The van der Waals surface area contributed by atoms with Gasteiger partial charge in [-0.05, 0) is 57.5 Å². The second-order valence-corrected chi connectivity index (χ2v) is 7.80. The maximum atomic E-state index is 12.4. The van der Waals surface area contributed by atoms with Gasteiger partial charge in [-0.2, -0.15) is 0 Å². The van der Waals surface area contributed by atoms with Crippen LogP contribution in [0.4, 0.5) is 5.00 Å². The SMILES string of the molecule is CCOC(=O)c1sc(NC(=O)COC(=O)COc2ccc(C(C)=O)cc2)c(C(=O)OCC)c1C. The normalized spacial score (nSPS) is 10.2. The first kappa shape index (κ1) is 26.5. The van der Waals surface area contributed by atoms with Gasteiger partial charge in [0.1, 0.15) is 15.6 Å². The first-order valence-electron chi connectivity index (χ1n) is 10.3. The second kappa shape index (κ2) is 12.5. The van der Waals surface area contributed by atoms with Gasteiger partial charge in [0.15, 0.2) is 19.0 Å². The number of hydrogen-bond donors (Lipinski definition) is 1. The molecule has 0 radical (unpaired) electrons. The van der Waals surface area contributed by atoms with E-state index in [0.717, 1.165) is 11.3 Å². The molecule has 0 bridgehead atoms. The van der Waals surface area contributed by atoms with Crippen LogP contribution in [0.2, 0.25) is 0 Å². The zero-order chi connectivity index (χ0) is 25.3. The van der Waals surface area contributed by atoms with Crippen LogP contribution in [-0.4, -0.2) is 56.0 Å². The highest BCUT2D eigenvalue weighted by molar-refractivity contribution is 7.18. The fourth-order valence-electron chi connectivity index (χ4n) is 2.72. The average Bonchev–Trinajstić information content (AvgIpc) is 3.12. The molecular weight excluding hydrogens is 466 g/mol. The lowest BCUT2D eigenvalue weighted by molar-refractivity contribution is -0.149. The first-order valence-corrected chi connectivity index (χ1v) is 11.2. The van der Waals surface area contributed by atoms with Crippen molar-refractivity contribution in [1.29, 1.82) is 0 Å². The number of Topliss-reactive ketones (excluding diaryl/α,β-unsaturated/α-hetero) is 1. The van der Waals surface area contributed by atoms with Crippen molar-refractivity contribution in [1.82, 2.24) is 0 Å². The van der Waals surface area contributed by atoms with Crippen LogP contribution in [0.15, 0.2) is 24.3 Å². The lowest BCUT2D eigenvalue weighted by atomic mass is 10.1. The number of hydrogen-bond acceptors (Lipinski definition) is 10. The number of benzene rings is 1. The third-order valence-corrected chi connectivity index (χ3v) is 5.51. The predicted molar refractivity (Wildman–Crippen MR) is 122 cm³/mol. The molecule has 1 amide bonds. The Morgan fingerprint density at radius 1 is 0.882 bits per heavy atom. The van der Waals surface area contributed by atoms with Gasteiger partial charge in [0.25, 0.3) is 5.91 Å². The zero-order valence-corrected chi connectivity index (χ0v) is 20.0. The smallest absolute Gasteiger partial charge is 0.348 e. The van der Waals surface area contributed by atoms with E-state index >= 15 is 0 Å². The van der Waals surface area contributed by atoms with Gasteiger partial charge in [-0.3, -0.25) is 9.59 Å². The highest BCUT2D eigenvalue weighted by Crippen LogP contribution is 2.34. The minimum atomic E-state index is -0.800. The lowest BCUT2D eigenvalue weighted by Crippen LogP contribution is -2.24. The van der Waals surface area contributed by atoms with Crippen molar-refractivity contribution in [3.05, 3.63) is 45.8 Å². The number of carbonyl (C=O) groups excluding carboxylic acids is 5. The summed E-state index contributed by atoms with van der Waals surface area (Å²) in [5.41, 5.74) is 0.856. The Balaban J connectivity index is 1.98. The van der Waals surface area contributed by atoms with Crippen LogP contribution < -0.4 is 10.1 Å². The molecule has 0 aliphatic heterocycles. The summed E-state index contributed by atoms with van der Waals surface area (Å²) < 4.78 is 20.2. The Hall–Kier alpha value is -3.73. The second-order valence-electron chi connectivity index (χ2n) is 6.78. The molecule has 11 heteroatoms. The van der Waals surface area contributed by atoms with Crippen molar-refractivity contribution in [3.8, 4) is 5.75 Å². The number of anilines is 1. The van der Waals surface area contributed by atoms with Crippen molar-refractivity contribution >= 4 is 45.9 Å². The number of ether oxygens (including phenoxy) is 4. The molecule has 1 aromatic heterocycles. The van der Waals surface area contributed by atoms with Gasteiger partial charge in [-0.1, -0.05) is 0 Å². The van der Waals surface area contributed by atoms with Crippen LogP contribution in [0.1, 0.15) is 56.7 Å². The summed E-state index contributed by atoms with van der Waals surface area (Å²) >= 11 is 0.865. The van der Waals surface area contributed by atoms with Crippen LogP contribution >= 0.6 is 11.3 Å². The number of carbonyl (C=O) groups is 5. The molecule has 2 aromatic rings. The molecule has 1 aromatic carbocycles. The highest BCUT2D eigenvalue weighted by atomic mass is 32.1. The molecule has 0 aliphatic carbocycles. The Morgan fingerprint density at radius 2 is 1.50 bits per heavy atom. The van der Waals surface area contributed by atoms with Gasteiger partial charge in [-0.25, -0.2) is 14.4 Å². The zero-order valence-electron chi connectivity index (χ0n) is 19.2. The molecule has 0 aliphatic rings. The monoisotopic (exact) mass is 491 g/mol. The molecule has 34 heavy (non-hydrogen) atoms. The van der Waals surface area contributed by atoms with E-state index < -0.39 is 37.0 Å². The number of esters is 3. The summed E-state index contributed by atoms with van der Waals surface area (Å²) in [6.45, 7) is 5.41. The van der Waals surface area contributed by atoms with Gasteiger partial charge in [0, 0.05) is 5.56 Å². The average molecular weight is 492 g/mol. The van der Waals surface area contributed by atoms with Crippen molar-refractivity contribution in [2.24, 2.45) is 0 Å². The first-order chi connectivity index (χ1) is 16.2. The Bertz CT molecular complexity index is 1070. The quantitative estimate of drug-likeness (QED) is 0.286. The summed E-state index contributed by atoms with van der Waals surface area (Å²) in [7, 11) is 0. The topological polar surface area (TPSA) is 134 Å². The predicted octanol–water partition coefficient (Wildman–Crippen LogP) is 3.17. The minimum Gasteiger partial charge on any atom is -0.482 e. The van der Waals surface area contributed by atoms with Gasteiger partial charge >= 0.3 is 17.9 Å². The van der Waals surface area contributed by atoms with Crippen LogP contribution in [-0.2, 0) is 23.8 Å². The molecule has 0 fully saturated rings. The largest absolute Gasteiger partial charge is 0.482 e. The Kier molecular flexibility index (Phi) is 9.75. The molecule has 0 spiro atoms. The standard InChI is InChI=1S/C23H25NO9S/c1-5-30-22(28)19-13(3)20(23(29)31-6-2)34-21(19)24-17(26)11-33-18(27)12-32-16-9-7-15(8-10-16)14(4)25/h7-10H,5-6,11-12H2,1-4H3,(H,24,26). The molecule has 0 unspecified atom stereocenters. The van der Waals surface area contributed by atoms with Gasteiger partial charge in [0.2, 0.25) is 0 Å². The van der Waals surface area contributed by atoms with Gasteiger partial charge in [0.05, 0.1) is 18.8 Å². The number of amides is 1. The van der Waals surface area contributed by atoms with Crippen LogP contribution in [0, 0.1) is 6.92 Å². The highest BCUT2D eigenvalue weighted by Gasteiger charge is 2.27. The number of rotatable bonds is 11. The van der Waals surface area contributed by atoms with E-state index in [1.54, 1.807) is 32.9 Å². The summed E-state index contributed by atoms with van der Waals surface area (Å²) in [5, 5.41) is 2.56. The molecular formula is C23H25NO9S. The van der Waals surface area contributed by atoms with E-state index in [4.69, 9.17) is 18.9 Å². The van der Waals surface area contributed by atoms with Crippen molar-refractivity contribution in [3.63, 3.8) is 0 Å². The van der Waals surface area contributed by atoms with E-state index in [9.17, 15) is 24.0 Å². The molecule has 0 saturated carbocycles. The fraction of sp³-hybridized carbons (Fsp3) is 0.348. The van der Waals surface area contributed by atoms with Gasteiger partial charge in [-0.15, -0.1) is 11.3 Å². The Morgan fingerprint density at radius 3 is 2.09 bits per heavy atom. The molecule has 2 rings (SSSR count). The van der Waals surface area contributed by atoms with Gasteiger partial charge < -0.3 is 24.3 Å². The van der Waals surface area contributed by atoms with Crippen LogP contribution in [0.5, 0.6) is 5.75 Å². The molecule has 1 heterocycles. The summed E-state index contributed by atoms with van der Waals surface area (Å²) in [6.07, 6.45) is 0. The van der Waals surface area contributed by atoms with Crippen molar-refractivity contribution in [2.75, 3.05) is 31.7 Å². The van der Waals surface area contributed by atoms with Crippen molar-refractivity contribution < 1.29 is 42.9 Å². The number of thiophene rings is 1. The van der Waals surface area contributed by atoms with E-state index in [1.807, 2.05) is 0 Å². The van der Waals surface area contributed by atoms with E-state index in [-0.39, 0.29) is 34.4 Å². The Labute approximate surface area is 200 Å². The number of nitrogens with one attached hydrogen (secondary N) is 1. The maximum absolute atomic E-state index is 12.4. The number of ketones is 1. The van der Waals surface area contributed by atoms with Crippen LogP contribution in [0.3, 0.4) is 0 Å². The van der Waals surface area contributed by atoms with E-state index in [2.05, 4.69) is 5.32 Å². The maximum Gasteiger partial charge on any atom is 0.348 e. The lowest BCUT2D eigenvalue weighted by Gasteiger charge is -2.09.